The molecule has 0 radical (unpaired) electrons. The summed E-state index contributed by atoms with van der Waals surface area (Å²) in [4.78, 5) is 20.8. The van der Waals surface area contributed by atoms with E-state index in [0.29, 0.717) is 12.3 Å². The molecular formula is C19H39N5O. The van der Waals surface area contributed by atoms with Crippen LogP contribution in [0.1, 0.15) is 52.4 Å². The van der Waals surface area contributed by atoms with Gasteiger partial charge < -0.3 is 20.4 Å². The minimum absolute atomic E-state index is 0.157. The minimum Gasteiger partial charge on any atom is -0.359 e. The monoisotopic (exact) mass is 353 g/mol. The maximum atomic E-state index is 11.5. The van der Waals surface area contributed by atoms with Crippen molar-refractivity contribution < 1.29 is 4.79 Å². The van der Waals surface area contributed by atoms with Crippen LogP contribution < -0.4 is 10.6 Å². The third-order valence-electron chi connectivity index (χ3n) is 4.89. The molecular weight excluding hydrogens is 314 g/mol. The van der Waals surface area contributed by atoms with Gasteiger partial charge in [0.1, 0.15) is 0 Å². The van der Waals surface area contributed by atoms with E-state index >= 15 is 0 Å². The number of guanidine groups is 1. The number of carbonyl (C=O) groups is 1. The second kappa shape index (κ2) is 13.0. The normalized spacial score (nSPS) is 16.4. The summed E-state index contributed by atoms with van der Waals surface area (Å²) in [7, 11) is 3.57. The van der Waals surface area contributed by atoms with Crippen molar-refractivity contribution in [2.24, 2.45) is 10.9 Å². The molecule has 0 aromatic carbocycles. The Morgan fingerprint density at radius 1 is 1.16 bits per heavy atom. The molecule has 2 N–H and O–H groups in total. The molecule has 0 aromatic rings. The molecule has 0 saturated carbocycles. The van der Waals surface area contributed by atoms with Crippen LogP contribution in [-0.2, 0) is 4.79 Å². The summed E-state index contributed by atoms with van der Waals surface area (Å²) in [6.07, 6.45) is 6.37. The molecule has 25 heavy (non-hydrogen) atoms. The van der Waals surface area contributed by atoms with Crippen LogP contribution in [0.3, 0.4) is 0 Å². The van der Waals surface area contributed by atoms with Crippen molar-refractivity contribution in [3.63, 3.8) is 0 Å². The lowest BCUT2D eigenvalue weighted by molar-refractivity contribution is -0.121. The largest absolute Gasteiger partial charge is 0.359 e. The summed E-state index contributed by atoms with van der Waals surface area (Å²) in [5.74, 6) is 1.67. The summed E-state index contributed by atoms with van der Waals surface area (Å²) in [5.41, 5.74) is 0. The van der Waals surface area contributed by atoms with Crippen molar-refractivity contribution in [2.45, 2.75) is 52.4 Å². The first-order valence-corrected chi connectivity index (χ1v) is 10.0. The fourth-order valence-corrected chi connectivity index (χ4v) is 3.52. The van der Waals surface area contributed by atoms with Crippen LogP contribution >= 0.6 is 0 Å². The van der Waals surface area contributed by atoms with Gasteiger partial charge in [-0.3, -0.25) is 9.79 Å². The average Bonchev–Trinajstić information content (AvgIpc) is 2.63. The lowest BCUT2D eigenvalue weighted by Crippen LogP contribution is -2.46. The number of nitrogens with zero attached hydrogens (tertiary/aromatic N) is 3. The van der Waals surface area contributed by atoms with Gasteiger partial charge in [0.25, 0.3) is 0 Å². The van der Waals surface area contributed by atoms with E-state index in [9.17, 15) is 4.79 Å². The smallest absolute Gasteiger partial charge is 0.220 e. The Balaban J connectivity index is 2.27. The molecule has 1 aliphatic rings. The van der Waals surface area contributed by atoms with Crippen LogP contribution in [0.15, 0.2) is 4.99 Å². The number of aliphatic imine (C=N–C) groups is 1. The molecule has 0 unspecified atom stereocenters. The molecule has 0 bridgehead atoms. The lowest BCUT2D eigenvalue weighted by atomic mass is 9.93. The summed E-state index contributed by atoms with van der Waals surface area (Å²) in [6.45, 7) is 11.0. The van der Waals surface area contributed by atoms with E-state index in [1.807, 2.05) is 7.05 Å². The van der Waals surface area contributed by atoms with Gasteiger partial charge in [0.2, 0.25) is 5.91 Å². The first-order valence-electron chi connectivity index (χ1n) is 10.0. The molecule has 0 spiro atoms. The fourth-order valence-electron chi connectivity index (χ4n) is 3.52. The van der Waals surface area contributed by atoms with Gasteiger partial charge in [-0.2, -0.15) is 0 Å². The third kappa shape index (κ3) is 8.56. The van der Waals surface area contributed by atoms with Crippen LogP contribution in [-0.4, -0.2) is 75.0 Å². The van der Waals surface area contributed by atoms with Crippen molar-refractivity contribution in [2.75, 3.05) is 53.4 Å². The topological polar surface area (TPSA) is 60.0 Å². The highest BCUT2D eigenvalue weighted by atomic mass is 16.1. The molecule has 1 saturated heterocycles. The molecule has 0 aromatic heterocycles. The number of piperidine rings is 1. The van der Waals surface area contributed by atoms with Crippen LogP contribution in [0.2, 0.25) is 0 Å². The second-order valence-corrected chi connectivity index (χ2v) is 6.98. The number of carbonyl (C=O) groups excluding carboxylic acids is 1. The SMILES string of the molecule is CCCN(CCC)CCCNC(=NC)N1CCC(CC(=O)NC)CC1. The number of rotatable bonds is 10. The maximum absolute atomic E-state index is 11.5. The number of likely N-dealkylation sites (tertiary alicyclic amines) is 1. The molecule has 0 atom stereocenters. The maximum Gasteiger partial charge on any atom is 0.220 e. The Morgan fingerprint density at radius 3 is 2.32 bits per heavy atom. The van der Waals surface area contributed by atoms with Crippen LogP contribution in [0.4, 0.5) is 0 Å². The number of hydrogen-bond donors (Lipinski definition) is 2. The molecule has 1 fully saturated rings. The van der Waals surface area contributed by atoms with Gasteiger partial charge in [-0.05, 0) is 57.7 Å². The van der Waals surface area contributed by atoms with Gasteiger partial charge in [-0.1, -0.05) is 13.8 Å². The van der Waals surface area contributed by atoms with Gasteiger partial charge in [-0.15, -0.1) is 0 Å². The highest BCUT2D eigenvalue weighted by Crippen LogP contribution is 2.20. The molecule has 1 rings (SSSR count). The van der Waals surface area contributed by atoms with Crippen LogP contribution in [0.25, 0.3) is 0 Å². The quantitative estimate of drug-likeness (QED) is 0.358. The fraction of sp³-hybridized carbons (Fsp3) is 0.895. The Labute approximate surface area is 154 Å². The van der Waals surface area contributed by atoms with E-state index in [1.54, 1.807) is 7.05 Å². The molecule has 6 nitrogen and oxygen atoms in total. The zero-order valence-electron chi connectivity index (χ0n) is 16.8. The molecule has 1 aliphatic heterocycles. The van der Waals surface area contributed by atoms with E-state index < -0.39 is 0 Å². The summed E-state index contributed by atoms with van der Waals surface area (Å²) in [6, 6.07) is 0. The second-order valence-electron chi connectivity index (χ2n) is 6.98. The van der Waals surface area contributed by atoms with E-state index in [-0.39, 0.29) is 5.91 Å². The van der Waals surface area contributed by atoms with Crippen LogP contribution in [0.5, 0.6) is 0 Å². The van der Waals surface area contributed by atoms with Gasteiger partial charge >= 0.3 is 0 Å². The van der Waals surface area contributed by atoms with Crippen molar-refractivity contribution in [1.29, 1.82) is 0 Å². The summed E-state index contributed by atoms with van der Waals surface area (Å²) < 4.78 is 0. The lowest BCUT2D eigenvalue weighted by Gasteiger charge is -2.34. The van der Waals surface area contributed by atoms with Crippen molar-refractivity contribution in [1.82, 2.24) is 20.4 Å². The molecule has 1 amide bonds. The standard InChI is InChI=1S/C19H39N5O/c1-5-11-23(12-6-2)13-7-10-22-19(21-4)24-14-8-17(9-15-24)16-18(25)20-3/h17H,5-16H2,1-4H3,(H,20,25)(H,21,22). The highest BCUT2D eigenvalue weighted by Gasteiger charge is 2.22. The summed E-state index contributed by atoms with van der Waals surface area (Å²) >= 11 is 0. The first-order chi connectivity index (χ1) is 12.1. The van der Waals surface area contributed by atoms with Gasteiger partial charge in [0.15, 0.2) is 5.96 Å². The Bertz CT molecular complexity index is 385. The van der Waals surface area contributed by atoms with E-state index in [0.717, 1.165) is 51.4 Å². The van der Waals surface area contributed by atoms with E-state index in [1.165, 1.54) is 25.9 Å². The van der Waals surface area contributed by atoms with Gasteiger partial charge in [-0.25, -0.2) is 0 Å². The molecule has 1 heterocycles. The Hall–Kier alpha value is -1.30. The van der Waals surface area contributed by atoms with Crippen molar-refractivity contribution in [3.8, 4) is 0 Å². The van der Waals surface area contributed by atoms with E-state index in [2.05, 4.69) is 39.3 Å². The van der Waals surface area contributed by atoms with Gasteiger partial charge in [0, 0.05) is 40.2 Å². The first kappa shape index (κ1) is 21.7. The van der Waals surface area contributed by atoms with Crippen molar-refractivity contribution >= 4 is 11.9 Å². The Morgan fingerprint density at radius 2 is 1.80 bits per heavy atom. The van der Waals surface area contributed by atoms with Crippen molar-refractivity contribution in [3.05, 3.63) is 0 Å². The Kier molecular flexibility index (Phi) is 11.3. The predicted molar refractivity (Wildman–Crippen MR) is 106 cm³/mol. The predicted octanol–water partition coefficient (Wildman–Crippen LogP) is 1.92. The third-order valence-corrected chi connectivity index (χ3v) is 4.89. The van der Waals surface area contributed by atoms with E-state index in [4.69, 9.17) is 0 Å². The molecule has 0 aliphatic carbocycles. The highest BCUT2D eigenvalue weighted by molar-refractivity contribution is 5.80. The molecule has 6 heteroatoms. The average molecular weight is 354 g/mol. The van der Waals surface area contributed by atoms with Gasteiger partial charge in [0.05, 0.1) is 0 Å². The number of nitrogens with one attached hydrogen (secondary N) is 2. The minimum atomic E-state index is 0.157. The molecule has 146 valence electrons. The number of hydrogen-bond acceptors (Lipinski definition) is 3. The summed E-state index contributed by atoms with van der Waals surface area (Å²) in [5, 5.41) is 6.24. The number of amides is 1. The van der Waals surface area contributed by atoms with Crippen LogP contribution in [0, 0.1) is 5.92 Å². The zero-order chi connectivity index (χ0) is 18.5. The zero-order valence-corrected chi connectivity index (χ0v) is 16.8.